The Kier molecular flexibility index (Phi) is 4.68. The molecule has 3 nitrogen and oxygen atoms in total. The highest BCUT2D eigenvalue weighted by molar-refractivity contribution is 7.98. The van der Waals surface area contributed by atoms with Gasteiger partial charge < -0.3 is 5.11 Å². The minimum absolute atomic E-state index is 0.202. The second-order valence-corrected chi connectivity index (χ2v) is 5.93. The van der Waals surface area contributed by atoms with Gasteiger partial charge in [0.05, 0.1) is 10.6 Å². The zero-order valence-electron chi connectivity index (χ0n) is 11.2. The number of hydrogen-bond acceptors (Lipinski definition) is 3. The molecule has 0 atom stereocenters. The Balaban J connectivity index is 2.12. The van der Waals surface area contributed by atoms with E-state index in [2.05, 4.69) is 4.98 Å². The Morgan fingerprint density at radius 3 is 2.65 bits per heavy atom. The monoisotopic (exact) mass is 307 g/mol. The molecular weight excluding hydrogens is 294 g/mol. The van der Waals surface area contributed by atoms with Crippen molar-refractivity contribution in [2.75, 3.05) is 0 Å². The highest BCUT2D eigenvalue weighted by Gasteiger charge is 2.08. The molecular formula is C15H14ClNO2S. The molecule has 1 aromatic carbocycles. The standard InChI is InChI=1S/C15H14ClNO2S/c1-9-5-10(2)17-14(6-9)20-8-12-4-3-11(15(18)19)7-13(12)16/h3-7H,8H2,1-2H3,(H,18,19). The number of aromatic nitrogens is 1. The number of pyridine rings is 1. The molecule has 0 spiro atoms. The smallest absolute Gasteiger partial charge is 0.335 e. The summed E-state index contributed by atoms with van der Waals surface area (Å²) in [5, 5.41) is 10.3. The van der Waals surface area contributed by atoms with Crippen LogP contribution in [-0.4, -0.2) is 16.1 Å². The summed E-state index contributed by atoms with van der Waals surface area (Å²) in [5.41, 5.74) is 3.27. The third kappa shape index (κ3) is 3.74. The molecule has 1 aromatic heterocycles. The van der Waals surface area contributed by atoms with E-state index in [0.29, 0.717) is 10.8 Å². The van der Waals surface area contributed by atoms with Crippen molar-refractivity contribution in [2.45, 2.75) is 24.6 Å². The van der Waals surface area contributed by atoms with Crippen LogP contribution in [0.5, 0.6) is 0 Å². The van der Waals surface area contributed by atoms with Crippen LogP contribution < -0.4 is 0 Å². The fourth-order valence-electron chi connectivity index (χ4n) is 1.83. The number of benzene rings is 1. The van der Waals surface area contributed by atoms with E-state index in [9.17, 15) is 4.79 Å². The normalized spacial score (nSPS) is 10.6. The average Bonchev–Trinajstić information content (AvgIpc) is 2.36. The van der Waals surface area contributed by atoms with Gasteiger partial charge in [0, 0.05) is 16.5 Å². The largest absolute Gasteiger partial charge is 0.478 e. The third-order valence-corrected chi connectivity index (χ3v) is 4.06. The van der Waals surface area contributed by atoms with E-state index < -0.39 is 5.97 Å². The fraction of sp³-hybridized carbons (Fsp3) is 0.200. The van der Waals surface area contributed by atoms with Crippen LogP contribution in [0, 0.1) is 13.8 Å². The Morgan fingerprint density at radius 1 is 1.30 bits per heavy atom. The summed E-state index contributed by atoms with van der Waals surface area (Å²) < 4.78 is 0. The van der Waals surface area contributed by atoms with E-state index in [1.807, 2.05) is 26.0 Å². The topological polar surface area (TPSA) is 50.2 Å². The second kappa shape index (κ2) is 6.29. The van der Waals surface area contributed by atoms with E-state index >= 15 is 0 Å². The first kappa shape index (κ1) is 14.9. The van der Waals surface area contributed by atoms with Gasteiger partial charge in [-0.05, 0) is 49.2 Å². The number of aromatic carboxylic acids is 1. The van der Waals surface area contributed by atoms with Crippen LogP contribution >= 0.6 is 23.4 Å². The number of carboxylic acids is 1. The van der Waals surface area contributed by atoms with Crippen LogP contribution in [0.2, 0.25) is 5.02 Å². The molecule has 1 heterocycles. The molecule has 0 unspecified atom stereocenters. The zero-order valence-corrected chi connectivity index (χ0v) is 12.8. The van der Waals surface area contributed by atoms with Crippen molar-refractivity contribution in [1.82, 2.24) is 4.98 Å². The molecule has 5 heteroatoms. The highest BCUT2D eigenvalue weighted by Crippen LogP contribution is 2.27. The van der Waals surface area contributed by atoms with Crippen molar-refractivity contribution >= 4 is 29.3 Å². The lowest BCUT2D eigenvalue weighted by Gasteiger charge is -2.06. The lowest BCUT2D eigenvalue weighted by molar-refractivity contribution is 0.0697. The van der Waals surface area contributed by atoms with Crippen LogP contribution in [0.1, 0.15) is 27.2 Å². The maximum Gasteiger partial charge on any atom is 0.335 e. The number of rotatable bonds is 4. The highest BCUT2D eigenvalue weighted by atomic mass is 35.5. The molecule has 0 bridgehead atoms. The maximum atomic E-state index is 10.8. The van der Waals surface area contributed by atoms with Crippen molar-refractivity contribution in [3.8, 4) is 0 Å². The summed E-state index contributed by atoms with van der Waals surface area (Å²) in [5.74, 6) is -0.309. The number of carboxylic acid groups (broad SMARTS) is 1. The number of aryl methyl sites for hydroxylation is 2. The van der Waals surface area contributed by atoms with Gasteiger partial charge in [0.25, 0.3) is 0 Å². The van der Waals surface area contributed by atoms with Crippen molar-refractivity contribution in [3.05, 3.63) is 57.7 Å². The molecule has 104 valence electrons. The van der Waals surface area contributed by atoms with Crippen molar-refractivity contribution in [1.29, 1.82) is 0 Å². The van der Waals surface area contributed by atoms with Gasteiger partial charge in [-0.2, -0.15) is 0 Å². The maximum absolute atomic E-state index is 10.8. The number of thioether (sulfide) groups is 1. The van der Waals surface area contributed by atoms with E-state index in [0.717, 1.165) is 16.3 Å². The second-order valence-electron chi connectivity index (χ2n) is 4.52. The fourth-order valence-corrected chi connectivity index (χ4v) is 3.19. The van der Waals surface area contributed by atoms with Gasteiger partial charge in [0.1, 0.15) is 0 Å². The first-order chi connectivity index (χ1) is 9.45. The van der Waals surface area contributed by atoms with Crippen molar-refractivity contribution in [2.24, 2.45) is 0 Å². The quantitative estimate of drug-likeness (QED) is 0.854. The first-order valence-electron chi connectivity index (χ1n) is 6.05. The lowest BCUT2D eigenvalue weighted by Crippen LogP contribution is -1.97. The summed E-state index contributed by atoms with van der Waals surface area (Å²) in [7, 11) is 0. The molecule has 0 aliphatic rings. The molecule has 0 saturated heterocycles. The first-order valence-corrected chi connectivity index (χ1v) is 7.42. The molecule has 0 radical (unpaired) electrons. The predicted molar refractivity (Wildman–Crippen MR) is 81.7 cm³/mol. The molecule has 20 heavy (non-hydrogen) atoms. The van der Waals surface area contributed by atoms with Gasteiger partial charge in [-0.3, -0.25) is 0 Å². The zero-order chi connectivity index (χ0) is 14.7. The SMILES string of the molecule is Cc1cc(C)nc(SCc2ccc(C(=O)O)cc2Cl)c1. The molecule has 0 aliphatic heterocycles. The Labute approximate surface area is 127 Å². The molecule has 0 saturated carbocycles. The predicted octanol–water partition coefficient (Wildman–Crippen LogP) is 4.34. The summed E-state index contributed by atoms with van der Waals surface area (Å²) in [6.07, 6.45) is 0. The minimum Gasteiger partial charge on any atom is -0.478 e. The van der Waals surface area contributed by atoms with Crippen LogP contribution in [0.3, 0.4) is 0 Å². The minimum atomic E-state index is -0.970. The van der Waals surface area contributed by atoms with Gasteiger partial charge in [-0.1, -0.05) is 17.7 Å². The Morgan fingerprint density at radius 2 is 2.05 bits per heavy atom. The number of hydrogen-bond donors (Lipinski definition) is 1. The van der Waals surface area contributed by atoms with Crippen LogP contribution in [0.4, 0.5) is 0 Å². The van der Waals surface area contributed by atoms with Crippen LogP contribution in [0.25, 0.3) is 0 Å². The van der Waals surface area contributed by atoms with Gasteiger partial charge >= 0.3 is 5.97 Å². The van der Waals surface area contributed by atoms with Crippen LogP contribution in [-0.2, 0) is 5.75 Å². The third-order valence-electron chi connectivity index (χ3n) is 2.75. The lowest BCUT2D eigenvalue weighted by atomic mass is 10.1. The number of nitrogens with zero attached hydrogens (tertiary/aromatic N) is 1. The molecule has 1 N–H and O–H groups in total. The van der Waals surface area contributed by atoms with Gasteiger partial charge in [0.15, 0.2) is 0 Å². The summed E-state index contributed by atoms with van der Waals surface area (Å²) >= 11 is 7.69. The molecule has 0 amide bonds. The molecule has 0 fully saturated rings. The summed E-state index contributed by atoms with van der Waals surface area (Å²) in [6, 6.07) is 8.85. The van der Waals surface area contributed by atoms with E-state index in [4.69, 9.17) is 16.7 Å². The molecule has 2 aromatic rings. The van der Waals surface area contributed by atoms with E-state index in [1.165, 1.54) is 11.6 Å². The average molecular weight is 308 g/mol. The Hall–Kier alpha value is -1.52. The summed E-state index contributed by atoms with van der Waals surface area (Å²) in [6.45, 7) is 4.00. The Bertz CT molecular complexity index is 638. The van der Waals surface area contributed by atoms with Gasteiger partial charge in [-0.25, -0.2) is 9.78 Å². The van der Waals surface area contributed by atoms with E-state index in [1.54, 1.807) is 23.9 Å². The van der Waals surface area contributed by atoms with Crippen LogP contribution in [0.15, 0.2) is 35.4 Å². The van der Waals surface area contributed by atoms with Gasteiger partial charge in [0.2, 0.25) is 0 Å². The van der Waals surface area contributed by atoms with Crippen molar-refractivity contribution < 1.29 is 9.90 Å². The van der Waals surface area contributed by atoms with Gasteiger partial charge in [-0.15, -0.1) is 11.8 Å². The number of halogens is 1. The number of carbonyl (C=O) groups is 1. The van der Waals surface area contributed by atoms with Crippen molar-refractivity contribution in [3.63, 3.8) is 0 Å². The molecule has 0 aliphatic carbocycles. The summed E-state index contributed by atoms with van der Waals surface area (Å²) in [4.78, 5) is 15.3. The van der Waals surface area contributed by atoms with E-state index in [-0.39, 0.29) is 5.56 Å². The molecule has 2 rings (SSSR count).